The Labute approximate surface area is 148 Å². The van der Waals surface area contributed by atoms with Gasteiger partial charge in [-0.1, -0.05) is 0 Å². The Bertz CT molecular complexity index is 665. The molecular formula is C16H20BrN3O2S. The fourth-order valence-corrected chi connectivity index (χ4v) is 3.62. The number of ether oxygens (including phenoxy) is 1. The molecule has 0 fully saturated rings. The zero-order valence-electron chi connectivity index (χ0n) is 13.5. The van der Waals surface area contributed by atoms with E-state index in [-0.39, 0.29) is 6.04 Å². The van der Waals surface area contributed by atoms with Crippen molar-refractivity contribution in [2.45, 2.75) is 39.3 Å². The minimum atomic E-state index is -0.533. The van der Waals surface area contributed by atoms with E-state index in [1.165, 1.54) is 4.88 Å². The first-order chi connectivity index (χ1) is 10.7. The van der Waals surface area contributed by atoms with E-state index >= 15 is 0 Å². The van der Waals surface area contributed by atoms with Crippen LogP contribution in [0.4, 0.5) is 16.3 Å². The summed E-state index contributed by atoms with van der Waals surface area (Å²) in [5, 5.41) is 8.03. The molecule has 2 aromatic rings. The molecule has 0 aliphatic rings. The number of hydrogen-bond donors (Lipinski definition) is 2. The Morgan fingerprint density at radius 3 is 2.61 bits per heavy atom. The summed E-state index contributed by atoms with van der Waals surface area (Å²) in [5.41, 5.74) is 0.349. The molecule has 0 bridgehead atoms. The van der Waals surface area contributed by atoms with Crippen LogP contribution in [0.2, 0.25) is 0 Å². The third-order valence-corrected chi connectivity index (χ3v) is 4.87. The molecule has 2 aromatic heterocycles. The molecule has 0 aliphatic carbocycles. The molecule has 2 rings (SSSR count). The second kappa shape index (κ2) is 7.31. The molecular weight excluding hydrogens is 378 g/mol. The third kappa shape index (κ3) is 5.51. The van der Waals surface area contributed by atoms with E-state index in [9.17, 15) is 4.79 Å². The minimum Gasteiger partial charge on any atom is -0.444 e. The number of nitrogens with one attached hydrogen (secondary N) is 2. The van der Waals surface area contributed by atoms with E-state index in [0.29, 0.717) is 5.82 Å². The maximum absolute atomic E-state index is 11.7. The van der Waals surface area contributed by atoms with Crippen LogP contribution in [-0.2, 0) is 4.74 Å². The molecule has 0 aliphatic heterocycles. The molecule has 2 N–H and O–H groups in total. The lowest BCUT2D eigenvalue weighted by Crippen LogP contribution is -2.27. The van der Waals surface area contributed by atoms with Gasteiger partial charge in [0.2, 0.25) is 0 Å². The summed E-state index contributed by atoms with van der Waals surface area (Å²) in [4.78, 5) is 17.1. The number of hydrogen-bond acceptors (Lipinski definition) is 5. The number of carbonyl (C=O) groups excluding carboxylic acids is 1. The van der Waals surface area contributed by atoms with Gasteiger partial charge in [0.15, 0.2) is 0 Å². The SMILES string of the molecule is CC(Nc1ccc(NC(=O)OC(C)(C)C)nc1)c1sccc1Br. The number of pyridine rings is 1. The van der Waals surface area contributed by atoms with Gasteiger partial charge in [-0.05, 0) is 67.2 Å². The van der Waals surface area contributed by atoms with Crippen LogP contribution < -0.4 is 10.6 Å². The highest BCUT2D eigenvalue weighted by Crippen LogP contribution is 2.31. The predicted molar refractivity (Wildman–Crippen MR) is 98.2 cm³/mol. The van der Waals surface area contributed by atoms with Gasteiger partial charge in [0.05, 0.1) is 17.9 Å². The van der Waals surface area contributed by atoms with Gasteiger partial charge in [0.25, 0.3) is 0 Å². The Kier molecular flexibility index (Phi) is 5.64. The summed E-state index contributed by atoms with van der Waals surface area (Å²) in [5.74, 6) is 0.453. The number of aromatic nitrogens is 1. The van der Waals surface area contributed by atoms with Crippen LogP contribution in [0, 0.1) is 0 Å². The lowest BCUT2D eigenvalue weighted by atomic mass is 10.2. The molecule has 0 saturated carbocycles. The fourth-order valence-electron chi connectivity index (χ4n) is 1.89. The Balaban J connectivity index is 1.94. The van der Waals surface area contributed by atoms with Crippen LogP contribution in [0.5, 0.6) is 0 Å². The Morgan fingerprint density at radius 1 is 1.35 bits per heavy atom. The summed E-state index contributed by atoms with van der Waals surface area (Å²) in [6, 6.07) is 5.81. The Hall–Kier alpha value is -1.60. The molecule has 1 unspecified atom stereocenters. The molecule has 0 aromatic carbocycles. The monoisotopic (exact) mass is 397 g/mol. The van der Waals surface area contributed by atoms with Crippen molar-refractivity contribution in [1.82, 2.24) is 4.98 Å². The average molecular weight is 398 g/mol. The van der Waals surface area contributed by atoms with Gasteiger partial charge in [0, 0.05) is 9.35 Å². The van der Waals surface area contributed by atoms with E-state index in [1.54, 1.807) is 23.6 Å². The van der Waals surface area contributed by atoms with Crippen molar-refractivity contribution in [3.63, 3.8) is 0 Å². The van der Waals surface area contributed by atoms with Crippen LogP contribution in [0.15, 0.2) is 34.2 Å². The number of nitrogens with zero attached hydrogens (tertiary/aromatic N) is 1. The van der Waals surface area contributed by atoms with E-state index in [1.807, 2.05) is 38.3 Å². The average Bonchev–Trinajstić information content (AvgIpc) is 2.85. The van der Waals surface area contributed by atoms with Crippen LogP contribution in [0.25, 0.3) is 0 Å². The minimum absolute atomic E-state index is 0.163. The van der Waals surface area contributed by atoms with Crippen molar-refractivity contribution in [3.8, 4) is 0 Å². The number of carbonyl (C=O) groups is 1. The van der Waals surface area contributed by atoms with Gasteiger partial charge in [-0.3, -0.25) is 5.32 Å². The lowest BCUT2D eigenvalue weighted by molar-refractivity contribution is 0.0635. The third-order valence-electron chi connectivity index (χ3n) is 2.81. The topological polar surface area (TPSA) is 63.2 Å². The van der Waals surface area contributed by atoms with Crippen molar-refractivity contribution >= 4 is 44.9 Å². The second-order valence-electron chi connectivity index (χ2n) is 6.06. The highest BCUT2D eigenvalue weighted by molar-refractivity contribution is 9.10. The molecule has 23 heavy (non-hydrogen) atoms. The van der Waals surface area contributed by atoms with Crippen molar-refractivity contribution in [2.24, 2.45) is 0 Å². The quantitative estimate of drug-likeness (QED) is 0.721. The molecule has 2 heterocycles. The van der Waals surface area contributed by atoms with Crippen molar-refractivity contribution in [1.29, 1.82) is 0 Å². The molecule has 5 nitrogen and oxygen atoms in total. The van der Waals surface area contributed by atoms with Crippen LogP contribution >= 0.6 is 27.3 Å². The highest BCUT2D eigenvalue weighted by Gasteiger charge is 2.16. The summed E-state index contributed by atoms with van der Waals surface area (Å²) < 4.78 is 6.29. The molecule has 124 valence electrons. The highest BCUT2D eigenvalue weighted by atomic mass is 79.9. The fraction of sp³-hybridized carbons (Fsp3) is 0.375. The Morgan fingerprint density at radius 2 is 2.09 bits per heavy atom. The summed E-state index contributed by atoms with van der Waals surface area (Å²) >= 11 is 5.23. The van der Waals surface area contributed by atoms with Gasteiger partial charge in [-0.2, -0.15) is 0 Å². The predicted octanol–water partition coefficient (Wildman–Crippen LogP) is 5.43. The van der Waals surface area contributed by atoms with E-state index in [2.05, 4.69) is 38.5 Å². The molecule has 1 amide bonds. The standard InChI is InChI=1S/C16H20BrN3O2S/c1-10(14-12(17)7-8-23-14)19-11-5-6-13(18-9-11)20-15(21)22-16(2,3)4/h5-10,19H,1-4H3,(H,18,20,21). The first-order valence-electron chi connectivity index (χ1n) is 7.20. The van der Waals surface area contributed by atoms with Gasteiger partial charge in [-0.15, -0.1) is 11.3 Å². The second-order valence-corrected chi connectivity index (χ2v) is 7.86. The lowest BCUT2D eigenvalue weighted by Gasteiger charge is -2.19. The van der Waals surface area contributed by atoms with Crippen molar-refractivity contribution < 1.29 is 9.53 Å². The summed E-state index contributed by atoms with van der Waals surface area (Å²) in [6.45, 7) is 7.54. The molecule has 1 atom stereocenters. The van der Waals surface area contributed by atoms with Gasteiger partial charge < -0.3 is 10.1 Å². The molecule has 0 saturated heterocycles. The van der Waals surface area contributed by atoms with Crippen molar-refractivity contribution in [2.75, 3.05) is 10.6 Å². The summed E-state index contributed by atoms with van der Waals surface area (Å²) in [6.07, 6.45) is 1.17. The molecule has 7 heteroatoms. The zero-order valence-corrected chi connectivity index (χ0v) is 15.9. The summed E-state index contributed by atoms with van der Waals surface area (Å²) in [7, 11) is 0. The normalized spacial score (nSPS) is 12.6. The maximum atomic E-state index is 11.7. The van der Waals surface area contributed by atoms with Crippen LogP contribution in [-0.4, -0.2) is 16.7 Å². The molecule has 0 radical (unpaired) electrons. The van der Waals surface area contributed by atoms with Gasteiger partial charge >= 0.3 is 6.09 Å². The molecule has 0 spiro atoms. The maximum Gasteiger partial charge on any atom is 0.413 e. The van der Waals surface area contributed by atoms with E-state index in [4.69, 9.17) is 4.74 Å². The van der Waals surface area contributed by atoms with Crippen LogP contribution in [0.1, 0.15) is 38.6 Å². The zero-order chi connectivity index (χ0) is 17.0. The number of anilines is 2. The number of amides is 1. The number of thiophene rings is 1. The van der Waals surface area contributed by atoms with Crippen molar-refractivity contribution in [3.05, 3.63) is 39.1 Å². The largest absolute Gasteiger partial charge is 0.444 e. The van der Waals surface area contributed by atoms with E-state index in [0.717, 1.165) is 10.2 Å². The first-order valence-corrected chi connectivity index (χ1v) is 8.87. The smallest absolute Gasteiger partial charge is 0.413 e. The number of rotatable bonds is 4. The van der Waals surface area contributed by atoms with Gasteiger partial charge in [0.1, 0.15) is 11.4 Å². The first kappa shape index (κ1) is 17.7. The van der Waals surface area contributed by atoms with E-state index < -0.39 is 11.7 Å². The van der Waals surface area contributed by atoms with Crippen LogP contribution in [0.3, 0.4) is 0 Å². The number of halogens is 1. The van der Waals surface area contributed by atoms with Gasteiger partial charge in [-0.25, -0.2) is 9.78 Å².